The molecule has 2 aromatic carbocycles. The minimum Gasteiger partial charge on any atom is -0.380 e. The van der Waals surface area contributed by atoms with Gasteiger partial charge in [0.15, 0.2) is 0 Å². The Balaban J connectivity index is 1.48. The fraction of sp³-hybridized carbons (Fsp3) is 0.278. The Bertz CT molecular complexity index is 813. The molecule has 4 rings (SSSR count). The molecule has 2 N–H and O–H groups in total. The second kappa shape index (κ2) is 5.91. The molecule has 0 amide bonds. The number of nitrogens with one attached hydrogen (secondary N) is 2. The molecule has 5 heteroatoms. The average Bonchev–Trinajstić information content (AvgIpc) is 3.03. The monoisotopic (exact) mass is 310 g/mol. The molecule has 23 heavy (non-hydrogen) atoms. The van der Waals surface area contributed by atoms with Crippen molar-refractivity contribution in [2.75, 3.05) is 23.3 Å². The van der Waals surface area contributed by atoms with Crippen LogP contribution in [-0.4, -0.2) is 29.3 Å². The summed E-state index contributed by atoms with van der Waals surface area (Å²) in [6, 6.07) is 13.4. The van der Waals surface area contributed by atoms with Gasteiger partial charge in [-0.05, 0) is 49.2 Å². The highest BCUT2D eigenvalue weighted by atomic mass is 19.1. The average molecular weight is 310 g/mol. The van der Waals surface area contributed by atoms with Gasteiger partial charge >= 0.3 is 0 Å². The van der Waals surface area contributed by atoms with Crippen molar-refractivity contribution < 1.29 is 4.39 Å². The van der Waals surface area contributed by atoms with Gasteiger partial charge in [-0.1, -0.05) is 6.07 Å². The van der Waals surface area contributed by atoms with Crippen LogP contribution < -0.4 is 10.2 Å². The first kappa shape index (κ1) is 14.1. The first-order valence-electron chi connectivity index (χ1n) is 7.98. The summed E-state index contributed by atoms with van der Waals surface area (Å²) >= 11 is 0. The van der Waals surface area contributed by atoms with E-state index in [1.165, 1.54) is 6.07 Å². The molecule has 1 fully saturated rings. The van der Waals surface area contributed by atoms with E-state index in [9.17, 15) is 4.39 Å². The lowest BCUT2D eigenvalue weighted by Crippen LogP contribution is -2.42. The molecule has 118 valence electrons. The number of aromatic amines is 1. The second-order valence-electron chi connectivity index (χ2n) is 6.08. The largest absolute Gasteiger partial charge is 0.380 e. The molecule has 1 aliphatic heterocycles. The molecule has 0 bridgehead atoms. The van der Waals surface area contributed by atoms with Gasteiger partial charge in [0.05, 0.1) is 11.7 Å². The Morgan fingerprint density at radius 1 is 1.22 bits per heavy atom. The molecule has 1 unspecified atom stereocenters. The van der Waals surface area contributed by atoms with Crippen molar-refractivity contribution in [2.45, 2.75) is 18.9 Å². The van der Waals surface area contributed by atoms with Crippen LogP contribution >= 0.6 is 0 Å². The Kier molecular flexibility index (Phi) is 3.61. The number of hydrogen-bond donors (Lipinski definition) is 2. The van der Waals surface area contributed by atoms with Gasteiger partial charge in [0.25, 0.3) is 0 Å². The van der Waals surface area contributed by atoms with Gasteiger partial charge in [-0.25, -0.2) is 4.39 Å². The molecule has 1 aromatic heterocycles. The molecule has 0 radical (unpaired) electrons. The second-order valence-corrected chi connectivity index (χ2v) is 6.08. The molecule has 0 aliphatic carbocycles. The number of piperidine rings is 1. The fourth-order valence-electron chi connectivity index (χ4n) is 3.26. The third-order valence-electron chi connectivity index (χ3n) is 4.41. The van der Waals surface area contributed by atoms with E-state index in [2.05, 4.69) is 38.6 Å². The van der Waals surface area contributed by atoms with Crippen molar-refractivity contribution in [3.63, 3.8) is 0 Å². The van der Waals surface area contributed by atoms with E-state index < -0.39 is 0 Å². The lowest BCUT2D eigenvalue weighted by molar-refractivity contribution is 0.528. The Morgan fingerprint density at radius 3 is 3.09 bits per heavy atom. The van der Waals surface area contributed by atoms with Crippen LogP contribution in [0.2, 0.25) is 0 Å². The highest BCUT2D eigenvalue weighted by molar-refractivity contribution is 5.81. The molecule has 0 saturated carbocycles. The summed E-state index contributed by atoms with van der Waals surface area (Å²) in [5.41, 5.74) is 3.08. The third-order valence-corrected chi connectivity index (χ3v) is 4.41. The Labute approximate surface area is 134 Å². The van der Waals surface area contributed by atoms with Crippen molar-refractivity contribution in [2.24, 2.45) is 0 Å². The number of H-pyrrole nitrogens is 1. The predicted molar refractivity (Wildman–Crippen MR) is 91.4 cm³/mol. The molecule has 3 aromatic rings. The number of aromatic nitrogens is 2. The molecule has 1 atom stereocenters. The van der Waals surface area contributed by atoms with Gasteiger partial charge in [0, 0.05) is 35.9 Å². The normalized spacial score (nSPS) is 18.3. The van der Waals surface area contributed by atoms with E-state index in [1.54, 1.807) is 12.1 Å². The summed E-state index contributed by atoms with van der Waals surface area (Å²) in [4.78, 5) is 2.25. The fourth-order valence-corrected chi connectivity index (χ4v) is 3.26. The molecule has 0 spiro atoms. The van der Waals surface area contributed by atoms with Crippen LogP contribution in [0.1, 0.15) is 12.8 Å². The van der Waals surface area contributed by atoms with Crippen LogP contribution in [0.3, 0.4) is 0 Å². The first-order chi connectivity index (χ1) is 11.3. The smallest absolute Gasteiger partial charge is 0.125 e. The maximum atomic E-state index is 13.4. The minimum atomic E-state index is -0.178. The van der Waals surface area contributed by atoms with Crippen LogP contribution in [0.5, 0.6) is 0 Å². The number of anilines is 2. The highest BCUT2D eigenvalue weighted by Gasteiger charge is 2.20. The van der Waals surface area contributed by atoms with Gasteiger partial charge in [0.1, 0.15) is 5.82 Å². The summed E-state index contributed by atoms with van der Waals surface area (Å²) in [5, 5.41) is 11.8. The van der Waals surface area contributed by atoms with Crippen molar-refractivity contribution in [3.05, 3.63) is 54.5 Å². The van der Waals surface area contributed by atoms with E-state index >= 15 is 0 Å². The third kappa shape index (κ3) is 2.99. The SMILES string of the molecule is Fc1cccc(N2CCCC(Nc3ccc4cn[nH]c4c3)C2)c1. The number of benzene rings is 2. The molecular weight excluding hydrogens is 291 g/mol. The molecule has 2 heterocycles. The summed E-state index contributed by atoms with van der Waals surface area (Å²) < 4.78 is 13.4. The number of hydrogen-bond acceptors (Lipinski definition) is 3. The summed E-state index contributed by atoms with van der Waals surface area (Å²) in [5.74, 6) is -0.178. The van der Waals surface area contributed by atoms with Crippen molar-refractivity contribution >= 4 is 22.3 Å². The van der Waals surface area contributed by atoms with E-state index in [0.29, 0.717) is 6.04 Å². The van der Waals surface area contributed by atoms with Crippen molar-refractivity contribution in [3.8, 4) is 0 Å². The molecular formula is C18H19FN4. The first-order valence-corrected chi connectivity index (χ1v) is 7.98. The summed E-state index contributed by atoms with van der Waals surface area (Å²) in [6.07, 6.45) is 4.04. The van der Waals surface area contributed by atoms with Crippen molar-refractivity contribution in [1.29, 1.82) is 0 Å². The van der Waals surface area contributed by atoms with Gasteiger partial charge < -0.3 is 10.2 Å². The van der Waals surface area contributed by atoms with Crippen LogP contribution in [0, 0.1) is 5.82 Å². The van der Waals surface area contributed by atoms with E-state index in [-0.39, 0.29) is 5.82 Å². The highest BCUT2D eigenvalue weighted by Crippen LogP contribution is 2.24. The zero-order chi connectivity index (χ0) is 15.6. The van der Waals surface area contributed by atoms with Gasteiger partial charge in [-0.2, -0.15) is 5.10 Å². The number of rotatable bonds is 3. The van der Waals surface area contributed by atoms with E-state index in [0.717, 1.165) is 48.2 Å². The van der Waals surface area contributed by atoms with Crippen LogP contribution in [0.4, 0.5) is 15.8 Å². The number of halogens is 1. The number of nitrogens with zero attached hydrogens (tertiary/aromatic N) is 2. The Morgan fingerprint density at radius 2 is 2.17 bits per heavy atom. The van der Waals surface area contributed by atoms with Crippen molar-refractivity contribution in [1.82, 2.24) is 10.2 Å². The summed E-state index contributed by atoms with van der Waals surface area (Å²) in [6.45, 7) is 1.85. The predicted octanol–water partition coefficient (Wildman–Crippen LogP) is 3.78. The summed E-state index contributed by atoms with van der Waals surface area (Å²) in [7, 11) is 0. The molecule has 1 saturated heterocycles. The number of fused-ring (bicyclic) bond motifs is 1. The van der Waals surface area contributed by atoms with Crippen LogP contribution in [0.15, 0.2) is 48.7 Å². The van der Waals surface area contributed by atoms with E-state index in [4.69, 9.17) is 0 Å². The topological polar surface area (TPSA) is 44.0 Å². The lowest BCUT2D eigenvalue weighted by Gasteiger charge is -2.35. The molecule has 4 nitrogen and oxygen atoms in total. The molecule has 1 aliphatic rings. The zero-order valence-electron chi connectivity index (χ0n) is 12.8. The quantitative estimate of drug-likeness (QED) is 0.773. The minimum absolute atomic E-state index is 0.178. The maximum Gasteiger partial charge on any atom is 0.125 e. The maximum absolute atomic E-state index is 13.4. The van der Waals surface area contributed by atoms with Crippen LogP contribution in [-0.2, 0) is 0 Å². The van der Waals surface area contributed by atoms with Gasteiger partial charge in [0.2, 0.25) is 0 Å². The van der Waals surface area contributed by atoms with Gasteiger partial charge in [-0.3, -0.25) is 5.10 Å². The zero-order valence-corrected chi connectivity index (χ0v) is 12.8. The van der Waals surface area contributed by atoms with E-state index in [1.807, 2.05) is 12.3 Å². The van der Waals surface area contributed by atoms with Gasteiger partial charge in [-0.15, -0.1) is 0 Å². The standard InChI is InChI=1S/C18H19FN4/c19-14-3-1-5-17(9-14)23-8-2-4-16(12-23)21-15-7-6-13-11-20-22-18(13)10-15/h1,3,5-7,9-11,16,21H,2,4,8,12H2,(H,20,22). The Hall–Kier alpha value is -2.56. The lowest BCUT2D eigenvalue weighted by atomic mass is 10.0. The van der Waals surface area contributed by atoms with Crippen LogP contribution in [0.25, 0.3) is 10.9 Å².